The summed E-state index contributed by atoms with van der Waals surface area (Å²) in [5, 5.41) is 12.7. The number of rotatable bonds is 3. The van der Waals surface area contributed by atoms with E-state index in [1.807, 2.05) is 0 Å². The number of carbonyl (C=O) groups is 1. The van der Waals surface area contributed by atoms with Crippen LogP contribution in [-0.4, -0.2) is 34.7 Å². The number of halogens is 1. The van der Waals surface area contributed by atoms with E-state index in [0.717, 1.165) is 0 Å². The molecule has 0 radical (unpaired) electrons. The smallest absolute Gasteiger partial charge is 0.296 e. The molecule has 1 aromatic carbocycles. The van der Waals surface area contributed by atoms with Gasteiger partial charge in [-0.3, -0.25) is 14.2 Å². The molecule has 1 aromatic heterocycles. The molecule has 0 saturated heterocycles. The number of hydrogen-bond acceptors (Lipinski definition) is 6. The molecule has 1 aliphatic heterocycles. The second-order valence-electron chi connectivity index (χ2n) is 7.07. The number of carbonyl (C=O) groups excluding carboxylic acids is 1. The molecule has 2 aromatic rings. The van der Waals surface area contributed by atoms with E-state index in [4.69, 9.17) is 0 Å². The standard InChI is InChI=1S/C18H18FN3O5S/c19-12-4-2-11(3-5-12)10-20-15(24)13-14(23)16(25)22-8-1-9-28(26,27)18(6-7-18)17(22)21-13/h2-5,23H,1,6-10H2,(H,20,24). The predicted octanol–water partition coefficient (Wildman–Crippen LogP) is 0.826. The van der Waals surface area contributed by atoms with Gasteiger partial charge in [-0.25, -0.2) is 17.8 Å². The highest BCUT2D eigenvalue weighted by Gasteiger charge is 2.59. The molecule has 1 fully saturated rings. The third-order valence-electron chi connectivity index (χ3n) is 5.23. The van der Waals surface area contributed by atoms with Crippen molar-refractivity contribution in [3.63, 3.8) is 0 Å². The van der Waals surface area contributed by atoms with Crippen LogP contribution in [0.4, 0.5) is 4.39 Å². The molecular weight excluding hydrogens is 389 g/mol. The van der Waals surface area contributed by atoms with E-state index in [0.29, 0.717) is 18.4 Å². The Bertz CT molecular complexity index is 1120. The van der Waals surface area contributed by atoms with Gasteiger partial charge in [-0.2, -0.15) is 0 Å². The Labute approximate surface area is 160 Å². The molecule has 1 aliphatic carbocycles. The molecule has 10 heteroatoms. The van der Waals surface area contributed by atoms with Crippen LogP contribution in [0.5, 0.6) is 5.75 Å². The van der Waals surface area contributed by atoms with Gasteiger partial charge in [0.15, 0.2) is 15.5 Å². The van der Waals surface area contributed by atoms with E-state index < -0.39 is 43.3 Å². The van der Waals surface area contributed by atoms with E-state index in [2.05, 4.69) is 10.3 Å². The summed E-state index contributed by atoms with van der Waals surface area (Å²) in [6.45, 7) is 0.148. The quantitative estimate of drug-likeness (QED) is 0.778. The van der Waals surface area contributed by atoms with Crippen LogP contribution in [0, 0.1) is 5.82 Å². The molecule has 148 valence electrons. The van der Waals surface area contributed by atoms with Crippen molar-refractivity contribution < 1.29 is 22.7 Å². The summed E-state index contributed by atoms with van der Waals surface area (Å²) >= 11 is 0. The van der Waals surface area contributed by atoms with Crippen molar-refractivity contribution in [2.75, 3.05) is 5.75 Å². The second kappa shape index (κ2) is 6.40. The fraction of sp³-hybridized carbons (Fsp3) is 0.389. The first-order chi connectivity index (χ1) is 13.2. The van der Waals surface area contributed by atoms with Gasteiger partial charge in [0.2, 0.25) is 5.75 Å². The number of benzene rings is 1. The van der Waals surface area contributed by atoms with E-state index >= 15 is 0 Å². The van der Waals surface area contributed by atoms with Crippen LogP contribution in [0.1, 0.15) is 41.1 Å². The van der Waals surface area contributed by atoms with Gasteiger partial charge in [-0.1, -0.05) is 12.1 Å². The van der Waals surface area contributed by atoms with Crippen molar-refractivity contribution in [1.82, 2.24) is 14.9 Å². The zero-order valence-corrected chi connectivity index (χ0v) is 15.6. The normalized spacial score (nSPS) is 18.9. The van der Waals surface area contributed by atoms with Gasteiger partial charge < -0.3 is 10.4 Å². The summed E-state index contributed by atoms with van der Waals surface area (Å²) < 4.78 is 38.1. The highest BCUT2D eigenvalue weighted by Crippen LogP contribution is 2.53. The zero-order chi connectivity index (χ0) is 20.1. The van der Waals surface area contributed by atoms with E-state index in [-0.39, 0.29) is 31.1 Å². The van der Waals surface area contributed by atoms with Gasteiger partial charge in [-0.15, -0.1) is 0 Å². The largest absolute Gasteiger partial charge is 0.501 e. The monoisotopic (exact) mass is 407 g/mol. The molecule has 0 bridgehead atoms. The lowest BCUT2D eigenvalue weighted by molar-refractivity contribution is 0.0941. The number of aromatic hydroxyl groups is 1. The first-order valence-electron chi connectivity index (χ1n) is 8.84. The average molecular weight is 407 g/mol. The summed E-state index contributed by atoms with van der Waals surface area (Å²) in [4.78, 5) is 29.2. The SMILES string of the molecule is O=C(NCc1ccc(F)cc1)c1nc2n(c(=O)c1O)CCCS(=O)(=O)C21CC1. The van der Waals surface area contributed by atoms with Crippen LogP contribution in [0.15, 0.2) is 29.1 Å². The Morgan fingerprint density at radius 3 is 2.61 bits per heavy atom. The lowest BCUT2D eigenvalue weighted by Gasteiger charge is -2.17. The Hall–Kier alpha value is -2.75. The van der Waals surface area contributed by atoms with Crippen molar-refractivity contribution >= 4 is 15.7 Å². The maximum absolute atomic E-state index is 13.0. The van der Waals surface area contributed by atoms with Crippen molar-refractivity contribution in [2.45, 2.75) is 37.1 Å². The molecule has 1 saturated carbocycles. The third-order valence-corrected chi connectivity index (χ3v) is 7.84. The van der Waals surface area contributed by atoms with E-state index in [9.17, 15) is 27.5 Å². The first-order valence-corrected chi connectivity index (χ1v) is 10.5. The fourth-order valence-corrected chi connectivity index (χ4v) is 5.58. The number of sulfone groups is 1. The summed E-state index contributed by atoms with van der Waals surface area (Å²) in [5.74, 6) is -2.07. The van der Waals surface area contributed by atoms with Gasteiger partial charge in [-0.05, 0) is 37.0 Å². The van der Waals surface area contributed by atoms with Gasteiger partial charge in [0.1, 0.15) is 16.4 Å². The molecule has 2 aliphatic rings. The molecule has 2 N–H and O–H groups in total. The molecule has 8 nitrogen and oxygen atoms in total. The van der Waals surface area contributed by atoms with Crippen LogP contribution in [0.25, 0.3) is 0 Å². The lowest BCUT2D eigenvalue weighted by atomic mass is 10.2. The number of nitrogens with one attached hydrogen (secondary N) is 1. The average Bonchev–Trinajstić information content (AvgIpc) is 3.47. The Balaban J connectivity index is 1.70. The predicted molar refractivity (Wildman–Crippen MR) is 97.0 cm³/mol. The number of amides is 1. The zero-order valence-electron chi connectivity index (χ0n) is 14.8. The van der Waals surface area contributed by atoms with Crippen LogP contribution < -0.4 is 10.9 Å². The molecule has 1 amide bonds. The van der Waals surface area contributed by atoms with Gasteiger partial charge >= 0.3 is 0 Å². The molecule has 0 unspecified atom stereocenters. The Morgan fingerprint density at radius 2 is 1.96 bits per heavy atom. The number of fused-ring (bicyclic) bond motifs is 2. The highest BCUT2D eigenvalue weighted by atomic mass is 32.2. The molecule has 1 spiro atoms. The van der Waals surface area contributed by atoms with Gasteiger partial charge in [0, 0.05) is 13.1 Å². The minimum Gasteiger partial charge on any atom is -0.501 e. The minimum atomic E-state index is -3.50. The lowest BCUT2D eigenvalue weighted by Crippen LogP contribution is -2.34. The number of nitrogens with zero attached hydrogens (tertiary/aromatic N) is 2. The van der Waals surface area contributed by atoms with Gasteiger partial charge in [0.25, 0.3) is 11.5 Å². The van der Waals surface area contributed by atoms with Crippen molar-refractivity contribution in [2.24, 2.45) is 0 Å². The summed E-state index contributed by atoms with van der Waals surface area (Å²) in [7, 11) is -3.50. The molecular formula is C18H18FN3O5S. The van der Waals surface area contributed by atoms with E-state index in [1.54, 1.807) is 0 Å². The topological polar surface area (TPSA) is 118 Å². The first kappa shape index (κ1) is 18.6. The summed E-state index contributed by atoms with van der Waals surface area (Å²) in [6.07, 6.45) is 0.917. The maximum atomic E-state index is 13.0. The van der Waals surface area contributed by atoms with Crippen LogP contribution in [0.3, 0.4) is 0 Å². The van der Waals surface area contributed by atoms with Crippen molar-refractivity contribution in [3.05, 3.63) is 57.5 Å². The summed E-state index contributed by atoms with van der Waals surface area (Å²) in [6, 6.07) is 5.46. The third kappa shape index (κ3) is 2.88. The van der Waals surface area contributed by atoms with Crippen LogP contribution in [-0.2, 0) is 27.7 Å². The van der Waals surface area contributed by atoms with Crippen molar-refractivity contribution in [3.8, 4) is 5.75 Å². The maximum Gasteiger partial charge on any atom is 0.296 e. The van der Waals surface area contributed by atoms with Gasteiger partial charge in [0.05, 0.1) is 5.75 Å². The fourth-order valence-electron chi connectivity index (χ4n) is 3.52. The Kier molecular flexibility index (Phi) is 4.25. The molecule has 4 rings (SSSR count). The Morgan fingerprint density at radius 1 is 1.29 bits per heavy atom. The number of aromatic nitrogens is 2. The highest BCUT2D eigenvalue weighted by molar-refractivity contribution is 7.92. The summed E-state index contributed by atoms with van der Waals surface area (Å²) in [5.41, 5.74) is -0.705. The number of hydrogen-bond donors (Lipinski definition) is 2. The molecule has 2 heterocycles. The second-order valence-corrected chi connectivity index (χ2v) is 9.48. The molecule has 0 atom stereocenters. The van der Waals surface area contributed by atoms with Crippen LogP contribution >= 0.6 is 0 Å². The van der Waals surface area contributed by atoms with Crippen LogP contribution in [0.2, 0.25) is 0 Å². The van der Waals surface area contributed by atoms with Crippen molar-refractivity contribution in [1.29, 1.82) is 0 Å². The molecule has 28 heavy (non-hydrogen) atoms. The minimum absolute atomic E-state index is 0.0275. The van der Waals surface area contributed by atoms with E-state index in [1.165, 1.54) is 28.8 Å².